The van der Waals surface area contributed by atoms with Gasteiger partial charge in [0.05, 0.1) is 17.4 Å². The molecule has 134 valence electrons. The molecule has 0 unspecified atom stereocenters. The number of sulfonamides is 1. The standard InChI is InChI=1S/C16H24N2O5S/c1-3-11(2)18-24(21,22)15-9-12(16(19)20)6-7-14(15)17-10-13-5-4-8-23-13/h6-7,9,11,13,17-18H,3-5,8,10H2,1-2H3,(H,19,20)/t11-,13+/m1/s1. The molecule has 0 aromatic heterocycles. The molecule has 2 rings (SSSR count). The number of rotatable bonds is 8. The van der Waals surface area contributed by atoms with Gasteiger partial charge in [0.2, 0.25) is 10.0 Å². The van der Waals surface area contributed by atoms with Crippen LogP contribution in [0.4, 0.5) is 5.69 Å². The molecule has 0 aliphatic carbocycles. The summed E-state index contributed by atoms with van der Waals surface area (Å²) in [4.78, 5) is 11.1. The van der Waals surface area contributed by atoms with Crippen molar-refractivity contribution < 1.29 is 23.1 Å². The number of carboxylic acids is 1. The van der Waals surface area contributed by atoms with Crippen LogP contribution in [0.3, 0.4) is 0 Å². The van der Waals surface area contributed by atoms with Crippen molar-refractivity contribution >= 4 is 21.7 Å². The Balaban J connectivity index is 2.29. The molecule has 1 aromatic rings. The topological polar surface area (TPSA) is 105 Å². The number of anilines is 1. The predicted octanol–water partition coefficient (Wildman–Crippen LogP) is 2.05. The van der Waals surface area contributed by atoms with Crippen molar-refractivity contribution in [3.8, 4) is 0 Å². The van der Waals surface area contributed by atoms with Gasteiger partial charge in [0, 0.05) is 19.2 Å². The van der Waals surface area contributed by atoms with Crippen LogP contribution >= 0.6 is 0 Å². The second kappa shape index (κ2) is 7.96. The van der Waals surface area contributed by atoms with Crippen molar-refractivity contribution in [2.45, 2.75) is 50.2 Å². The van der Waals surface area contributed by atoms with Crippen LogP contribution in [0.1, 0.15) is 43.5 Å². The summed E-state index contributed by atoms with van der Waals surface area (Å²) in [6.07, 6.45) is 2.59. The third-order valence-electron chi connectivity index (χ3n) is 4.03. The molecule has 1 aromatic carbocycles. The number of hydrogen-bond donors (Lipinski definition) is 3. The van der Waals surface area contributed by atoms with E-state index in [1.165, 1.54) is 18.2 Å². The highest BCUT2D eigenvalue weighted by molar-refractivity contribution is 7.89. The number of carbonyl (C=O) groups is 1. The van der Waals surface area contributed by atoms with Crippen LogP contribution in [0.5, 0.6) is 0 Å². The fourth-order valence-corrected chi connectivity index (χ4v) is 4.00. The zero-order valence-electron chi connectivity index (χ0n) is 13.9. The summed E-state index contributed by atoms with van der Waals surface area (Å²) in [5.41, 5.74) is 0.313. The Morgan fingerprint density at radius 2 is 2.21 bits per heavy atom. The minimum Gasteiger partial charge on any atom is -0.478 e. The second-order valence-electron chi connectivity index (χ2n) is 5.96. The lowest BCUT2D eigenvalue weighted by molar-refractivity contribution is 0.0696. The molecule has 7 nitrogen and oxygen atoms in total. The Labute approximate surface area is 142 Å². The van der Waals surface area contributed by atoms with E-state index in [1.54, 1.807) is 6.92 Å². The quantitative estimate of drug-likeness (QED) is 0.658. The monoisotopic (exact) mass is 356 g/mol. The van der Waals surface area contributed by atoms with Gasteiger partial charge in [-0.25, -0.2) is 17.9 Å². The lowest BCUT2D eigenvalue weighted by atomic mass is 10.2. The van der Waals surface area contributed by atoms with Crippen LogP contribution in [-0.4, -0.2) is 44.8 Å². The van der Waals surface area contributed by atoms with Crippen LogP contribution < -0.4 is 10.0 Å². The van der Waals surface area contributed by atoms with Crippen molar-refractivity contribution in [3.05, 3.63) is 23.8 Å². The van der Waals surface area contributed by atoms with Crippen molar-refractivity contribution in [2.24, 2.45) is 0 Å². The van der Waals surface area contributed by atoms with Gasteiger partial charge in [-0.15, -0.1) is 0 Å². The highest BCUT2D eigenvalue weighted by Gasteiger charge is 2.23. The number of nitrogens with one attached hydrogen (secondary N) is 2. The fraction of sp³-hybridized carbons (Fsp3) is 0.562. The number of aromatic carboxylic acids is 1. The van der Waals surface area contributed by atoms with E-state index in [-0.39, 0.29) is 22.6 Å². The van der Waals surface area contributed by atoms with E-state index < -0.39 is 16.0 Å². The smallest absolute Gasteiger partial charge is 0.335 e. The summed E-state index contributed by atoms with van der Waals surface area (Å²) in [6, 6.07) is 3.83. The maximum atomic E-state index is 12.6. The third-order valence-corrected chi connectivity index (χ3v) is 5.66. The van der Waals surface area contributed by atoms with Crippen LogP contribution in [0.2, 0.25) is 0 Å². The number of ether oxygens (including phenoxy) is 1. The fourth-order valence-electron chi connectivity index (χ4n) is 2.46. The maximum Gasteiger partial charge on any atom is 0.335 e. The summed E-state index contributed by atoms with van der Waals surface area (Å²) >= 11 is 0. The molecule has 0 radical (unpaired) electrons. The predicted molar refractivity (Wildman–Crippen MR) is 90.9 cm³/mol. The van der Waals surface area contributed by atoms with Crippen molar-refractivity contribution in [3.63, 3.8) is 0 Å². The van der Waals surface area contributed by atoms with Crippen molar-refractivity contribution in [1.82, 2.24) is 4.72 Å². The van der Waals surface area contributed by atoms with E-state index in [2.05, 4.69) is 10.0 Å². The van der Waals surface area contributed by atoms with E-state index in [9.17, 15) is 13.2 Å². The molecule has 24 heavy (non-hydrogen) atoms. The van der Waals surface area contributed by atoms with Gasteiger partial charge in [0.25, 0.3) is 0 Å². The minimum absolute atomic E-state index is 0.0437. The van der Waals surface area contributed by atoms with E-state index in [0.29, 0.717) is 25.3 Å². The number of benzene rings is 1. The lowest BCUT2D eigenvalue weighted by Crippen LogP contribution is -2.33. The van der Waals surface area contributed by atoms with Crippen molar-refractivity contribution in [1.29, 1.82) is 0 Å². The number of hydrogen-bond acceptors (Lipinski definition) is 5. The third kappa shape index (κ3) is 4.68. The number of carboxylic acid groups (broad SMARTS) is 1. The van der Waals surface area contributed by atoms with Crippen LogP contribution in [-0.2, 0) is 14.8 Å². The summed E-state index contributed by atoms with van der Waals surface area (Å²) in [5, 5.41) is 12.2. The van der Waals surface area contributed by atoms with E-state index in [4.69, 9.17) is 9.84 Å². The maximum absolute atomic E-state index is 12.6. The first kappa shape index (κ1) is 18.7. The van der Waals surface area contributed by atoms with Gasteiger partial charge in [-0.05, 0) is 44.4 Å². The molecule has 1 heterocycles. The van der Waals surface area contributed by atoms with E-state index >= 15 is 0 Å². The van der Waals surface area contributed by atoms with Crippen molar-refractivity contribution in [2.75, 3.05) is 18.5 Å². The molecule has 0 bridgehead atoms. The van der Waals surface area contributed by atoms with E-state index in [1.807, 2.05) is 6.92 Å². The zero-order valence-corrected chi connectivity index (χ0v) is 14.7. The average Bonchev–Trinajstić information content (AvgIpc) is 3.05. The molecule has 0 spiro atoms. The van der Waals surface area contributed by atoms with Gasteiger partial charge in [-0.2, -0.15) is 0 Å². The average molecular weight is 356 g/mol. The summed E-state index contributed by atoms with van der Waals surface area (Å²) in [5.74, 6) is -1.17. The Hall–Kier alpha value is -1.64. The molecule has 3 N–H and O–H groups in total. The van der Waals surface area contributed by atoms with Gasteiger partial charge in [-0.3, -0.25) is 0 Å². The largest absolute Gasteiger partial charge is 0.478 e. The Kier molecular flexibility index (Phi) is 6.20. The molecular weight excluding hydrogens is 332 g/mol. The van der Waals surface area contributed by atoms with Gasteiger partial charge >= 0.3 is 5.97 Å². The molecule has 0 amide bonds. The molecule has 1 aliphatic heterocycles. The van der Waals surface area contributed by atoms with Gasteiger partial charge in [0.1, 0.15) is 4.90 Å². The van der Waals surface area contributed by atoms with Crippen LogP contribution in [0, 0.1) is 0 Å². The highest BCUT2D eigenvalue weighted by atomic mass is 32.2. The second-order valence-corrected chi connectivity index (χ2v) is 7.65. The van der Waals surface area contributed by atoms with Gasteiger partial charge < -0.3 is 15.2 Å². The molecule has 1 saturated heterocycles. The Morgan fingerprint density at radius 1 is 1.46 bits per heavy atom. The zero-order chi connectivity index (χ0) is 17.7. The SMILES string of the molecule is CC[C@@H](C)NS(=O)(=O)c1cc(C(=O)O)ccc1NC[C@@H]1CCCO1. The van der Waals surface area contributed by atoms with Gasteiger partial charge in [-0.1, -0.05) is 6.92 Å². The van der Waals surface area contributed by atoms with E-state index in [0.717, 1.165) is 12.8 Å². The molecule has 1 fully saturated rings. The van der Waals surface area contributed by atoms with Crippen LogP contribution in [0.15, 0.2) is 23.1 Å². The molecule has 0 saturated carbocycles. The molecule has 2 atom stereocenters. The molecular formula is C16H24N2O5S. The molecule has 8 heteroatoms. The first-order chi connectivity index (χ1) is 11.3. The minimum atomic E-state index is -3.82. The summed E-state index contributed by atoms with van der Waals surface area (Å²) < 4.78 is 33.3. The Morgan fingerprint density at radius 3 is 2.79 bits per heavy atom. The van der Waals surface area contributed by atoms with Crippen LogP contribution in [0.25, 0.3) is 0 Å². The normalized spacial score (nSPS) is 19.2. The highest BCUT2D eigenvalue weighted by Crippen LogP contribution is 2.24. The van der Waals surface area contributed by atoms with Gasteiger partial charge in [0.15, 0.2) is 0 Å². The lowest BCUT2D eigenvalue weighted by Gasteiger charge is -2.18. The first-order valence-electron chi connectivity index (χ1n) is 8.08. The molecule has 1 aliphatic rings. The summed E-state index contributed by atoms with van der Waals surface area (Å²) in [6.45, 7) is 4.83. The Bertz CT molecular complexity index is 684. The summed E-state index contributed by atoms with van der Waals surface area (Å²) in [7, 11) is -3.82. The first-order valence-corrected chi connectivity index (χ1v) is 9.57.